The van der Waals surface area contributed by atoms with Crippen molar-refractivity contribution in [3.05, 3.63) is 59.2 Å². The van der Waals surface area contributed by atoms with Gasteiger partial charge in [-0.3, -0.25) is 4.79 Å². The van der Waals surface area contributed by atoms with Crippen LogP contribution in [0.4, 0.5) is 22.0 Å². The van der Waals surface area contributed by atoms with Gasteiger partial charge in [-0.2, -0.15) is 13.2 Å². The molecule has 0 aliphatic heterocycles. The molecule has 0 saturated heterocycles. The van der Waals surface area contributed by atoms with Crippen LogP contribution in [0.15, 0.2) is 36.4 Å². The van der Waals surface area contributed by atoms with Crippen molar-refractivity contribution in [3.63, 3.8) is 0 Å². The zero-order valence-corrected chi connectivity index (χ0v) is 12.5. The van der Waals surface area contributed by atoms with E-state index in [0.717, 1.165) is 0 Å². The van der Waals surface area contributed by atoms with Gasteiger partial charge in [0.15, 0.2) is 17.4 Å². The highest BCUT2D eigenvalue weighted by atomic mass is 19.4. The Balaban J connectivity index is 2.36. The van der Waals surface area contributed by atoms with Gasteiger partial charge in [0, 0.05) is 6.42 Å². The van der Waals surface area contributed by atoms with E-state index < -0.39 is 41.1 Å². The number of alkyl halides is 3. The quantitative estimate of drug-likeness (QED) is 0.796. The summed E-state index contributed by atoms with van der Waals surface area (Å²) >= 11 is 0. The van der Waals surface area contributed by atoms with Gasteiger partial charge in [-0.25, -0.2) is 8.78 Å². The predicted molar refractivity (Wildman–Crippen MR) is 77.2 cm³/mol. The molecular formula is C16H12F5NO3. The van der Waals surface area contributed by atoms with E-state index >= 15 is 0 Å². The first-order chi connectivity index (χ1) is 11.6. The molecule has 0 spiro atoms. The number of carbonyl (C=O) groups is 1. The summed E-state index contributed by atoms with van der Waals surface area (Å²) in [6.07, 6.45) is -5.11. The van der Waals surface area contributed by atoms with Gasteiger partial charge in [0.2, 0.25) is 0 Å². The lowest BCUT2D eigenvalue weighted by molar-refractivity contribution is -0.139. The van der Waals surface area contributed by atoms with Crippen molar-refractivity contribution >= 4 is 5.97 Å². The Morgan fingerprint density at radius 1 is 1.16 bits per heavy atom. The lowest BCUT2D eigenvalue weighted by atomic mass is 10.1. The molecule has 0 aromatic heterocycles. The fourth-order valence-corrected chi connectivity index (χ4v) is 2.03. The number of carboxylic acids is 1. The maximum atomic E-state index is 13.9. The standard InChI is InChI=1S/C16H12F5NO3/c17-10-6-9(16(19,20)21)7-11(18)14(10)25-13-4-2-1-3-8(13)5-12(22)15(23)24/h1-4,6-7,12H,5,22H2,(H,23,24). The Kier molecular flexibility index (Phi) is 5.27. The van der Waals surface area contributed by atoms with Crippen molar-refractivity contribution in [2.45, 2.75) is 18.6 Å². The van der Waals surface area contributed by atoms with Gasteiger partial charge in [-0.15, -0.1) is 0 Å². The summed E-state index contributed by atoms with van der Waals surface area (Å²) in [5.41, 5.74) is 4.15. The van der Waals surface area contributed by atoms with Crippen LogP contribution in [0.5, 0.6) is 11.5 Å². The Labute approximate surface area is 138 Å². The number of benzene rings is 2. The van der Waals surface area contributed by atoms with E-state index in [1.165, 1.54) is 24.3 Å². The number of rotatable bonds is 5. The lowest BCUT2D eigenvalue weighted by Gasteiger charge is -2.15. The SMILES string of the molecule is NC(Cc1ccccc1Oc1c(F)cc(C(F)(F)F)cc1F)C(=O)O. The second-order valence-electron chi connectivity index (χ2n) is 5.13. The van der Waals surface area contributed by atoms with Gasteiger partial charge in [-0.1, -0.05) is 18.2 Å². The van der Waals surface area contributed by atoms with Crippen LogP contribution in [0, 0.1) is 11.6 Å². The third-order valence-electron chi connectivity index (χ3n) is 3.27. The molecule has 9 heteroatoms. The average Bonchev–Trinajstić information content (AvgIpc) is 2.51. The van der Waals surface area contributed by atoms with E-state index in [1.54, 1.807) is 0 Å². The minimum atomic E-state index is -4.91. The number of carboxylic acid groups (broad SMARTS) is 1. The summed E-state index contributed by atoms with van der Waals surface area (Å²) in [5, 5.41) is 8.83. The number of hydrogen-bond acceptors (Lipinski definition) is 3. The largest absolute Gasteiger partial charge is 0.480 e. The molecule has 25 heavy (non-hydrogen) atoms. The highest BCUT2D eigenvalue weighted by molar-refractivity contribution is 5.73. The number of hydrogen-bond donors (Lipinski definition) is 2. The lowest BCUT2D eigenvalue weighted by Crippen LogP contribution is -2.32. The first kappa shape index (κ1) is 18.7. The van der Waals surface area contributed by atoms with Gasteiger partial charge in [0.05, 0.1) is 5.56 Å². The van der Waals surface area contributed by atoms with Crippen LogP contribution in [-0.4, -0.2) is 17.1 Å². The van der Waals surface area contributed by atoms with Crippen molar-refractivity contribution in [2.75, 3.05) is 0 Å². The summed E-state index contributed by atoms with van der Waals surface area (Å²) in [5.74, 6) is -5.50. The van der Waals surface area contributed by atoms with Gasteiger partial charge in [0.1, 0.15) is 11.8 Å². The molecule has 2 aromatic rings. The molecule has 2 rings (SSSR count). The minimum Gasteiger partial charge on any atom is -0.480 e. The summed E-state index contributed by atoms with van der Waals surface area (Å²) in [6, 6.07) is 4.64. The molecule has 0 heterocycles. The van der Waals surface area contributed by atoms with Crippen LogP contribution in [0.3, 0.4) is 0 Å². The van der Waals surface area contributed by atoms with Crippen LogP contribution < -0.4 is 10.5 Å². The van der Waals surface area contributed by atoms with Gasteiger partial charge in [-0.05, 0) is 23.8 Å². The molecule has 0 aliphatic carbocycles. The van der Waals surface area contributed by atoms with Gasteiger partial charge in [0.25, 0.3) is 0 Å². The highest BCUT2D eigenvalue weighted by Gasteiger charge is 2.33. The summed E-state index contributed by atoms with van der Waals surface area (Å²) in [7, 11) is 0. The Bertz CT molecular complexity index is 769. The molecule has 2 aromatic carbocycles. The molecule has 0 aliphatic rings. The van der Waals surface area contributed by atoms with Crippen LogP contribution in [0.2, 0.25) is 0 Å². The number of para-hydroxylation sites is 1. The maximum Gasteiger partial charge on any atom is 0.416 e. The van der Waals surface area contributed by atoms with Crippen LogP contribution in [-0.2, 0) is 17.4 Å². The molecule has 1 atom stereocenters. The van der Waals surface area contributed by atoms with E-state index in [4.69, 9.17) is 15.6 Å². The number of nitrogens with two attached hydrogens (primary N) is 1. The molecule has 0 radical (unpaired) electrons. The molecule has 0 bridgehead atoms. The van der Waals surface area contributed by atoms with Crippen molar-refractivity contribution in [2.24, 2.45) is 5.73 Å². The average molecular weight is 361 g/mol. The van der Waals surface area contributed by atoms with Gasteiger partial charge < -0.3 is 15.6 Å². The fraction of sp³-hybridized carbons (Fsp3) is 0.188. The summed E-state index contributed by atoms with van der Waals surface area (Å²) in [4.78, 5) is 10.8. The normalized spacial score (nSPS) is 12.7. The van der Waals surface area contributed by atoms with E-state index in [0.29, 0.717) is 0 Å². The third kappa shape index (κ3) is 4.44. The summed E-state index contributed by atoms with van der Waals surface area (Å²) < 4.78 is 70.4. The van der Waals surface area contributed by atoms with Crippen molar-refractivity contribution in [1.29, 1.82) is 0 Å². The topological polar surface area (TPSA) is 72.5 Å². The van der Waals surface area contributed by atoms with Crippen molar-refractivity contribution in [1.82, 2.24) is 0 Å². The Morgan fingerprint density at radius 3 is 2.24 bits per heavy atom. The highest BCUT2D eigenvalue weighted by Crippen LogP contribution is 2.36. The molecule has 0 amide bonds. The molecule has 3 N–H and O–H groups in total. The predicted octanol–water partition coefficient (Wildman–Crippen LogP) is 3.73. The third-order valence-corrected chi connectivity index (χ3v) is 3.27. The zero-order valence-electron chi connectivity index (χ0n) is 12.5. The fourth-order valence-electron chi connectivity index (χ4n) is 2.03. The second-order valence-corrected chi connectivity index (χ2v) is 5.13. The minimum absolute atomic E-state index is 0.114. The number of ether oxygens (including phenoxy) is 1. The number of halogens is 5. The summed E-state index contributed by atoms with van der Waals surface area (Å²) in [6.45, 7) is 0. The molecular weight excluding hydrogens is 349 g/mol. The van der Waals surface area contributed by atoms with Crippen molar-refractivity contribution < 1.29 is 36.6 Å². The monoisotopic (exact) mass is 361 g/mol. The molecule has 0 fully saturated rings. The second kappa shape index (κ2) is 7.06. The zero-order chi connectivity index (χ0) is 18.8. The molecule has 134 valence electrons. The Morgan fingerprint density at radius 2 is 1.72 bits per heavy atom. The van der Waals surface area contributed by atoms with Gasteiger partial charge >= 0.3 is 12.1 Å². The van der Waals surface area contributed by atoms with Crippen LogP contribution in [0.25, 0.3) is 0 Å². The van der Waals surface area contributed by atoms with Crippen LogP contribution >= 0.6 is 0 Å². The van der Waals surface area contributed by atoms with Crippen LogP contribution in [0.1, 0.15) is 11.1 Å². The number of aliphatic carboxylic acids is 1. The van der Waals surface area contributed by atoms with E-state index in [2.05, 4.69) is 0 Å². The molecule has 0 saturated carbocycles. The van der Waals surface area contributed by atoms with Crippen molar-refractivity contribution in [3.8, 4) is 11.5 Å². The first-order valence-electron chi connectivity index (χ1n) is 6.90. The maximum absolute atomic E-state index is 13.9. The van der Waals surface area contributed by atoms with E-state index in [9.17, 15) is 26.7 Å². The van der Waals surface area contributed by atoms with E-state index in [-0.39, 0.29) is 29.9 Å². The first-order valence-corrected chi connectivity index (χ1v) is 6.90. The molecule has 1 unspecified atom stereocenters. The molecule has 4 nitrogen and oxygen atoms in total. The smallest absolute Gasteiger partial charge is 0.416 e. The van der Waals surface area contributed by atoms with E-state index in [1.807, 2.05) is 0 Å². The Hall–Kier alpha value is -2.68.